The Labute approximate surface area is 117 Å². The molecule has 0 N–H and O–H groups in total. The molecule has 0 aliphatic carbocycles. The van der Waals surface area contributed by atoms with Gasteiger partial charge in [0.05, 0.1) is 0 Å². The quantitative estimate of drug-likeness (QED) is 0.598. The van der Waals surface area contributed by atoms with E-state index in [4.69, 9.17) is 9.15 Å². The van der Waals surface area contributed by atoms with Crippen LogP contribution in [0.15, 0.2) is 27.8 Å². The molecule has 5 heteroatoms. The minimum absolute atomic E-state index is 0.584. The summed E-state index contributed by atoms with van der Waals surface area (Å²) in [6.45, 7) is 4.88. The fourth-order valence-electron chi connectivity index (χ4n) is 1.85. The van der Waals surface area contributed by atoms with Crippen LogP contribution in [-0.2, 0) is 4.74 Å². The fourth-order valence-corrected chi connectivity index (χ4v) is 2.52. The predicted octanol–water partition coefficient (Wildman–Crippen LogP) is 3.48. The molecule has 0 spiro atoms. The van der Waals surface area contributed by atoms with Crippen LogP contribution in [0.4, 0.5) is 0 Å². The predicted molar refractivity (Wildman–Crippen MR) is 76.4 cm³/mol. The molecular weight excluding hydrogens is 260 g/mol. The van der Waals surface area contributed by atoms with Gasteiger partial charge >= 0.3 is 0 Å². The highest BCUT2D eigenvalue weighted by Gasteiger charge is 2.09. The average Bonchev–Trinajstić information content (AvgIpc) is 2.82. The van der Waals surface area contributed by atoms with Gasteiger partial charge in [0.1, 0.15) is 0 Å². The average molecular weight is 278 g/mol. The first-order chi connectivity index (χ1) is 9.19. The molecule has 102 valence electrons. The molecule has 0 amide bonds. The monoisotopic (exact) mass is 278 g/mol. The van der Waals surface area contributed by atoms with Gasteiger partial charge in [-0.15, -0.1) is 10.2 Å². The Hall–Kier alpha value is -1.33. The Bertz CT molecular complexity index is 520. The van der Waals surface area contributed by atoms with E-state index in [1.807, 2.05) is 0 Å². The van der Waals surface area contributed by atoms with Crippen LogP contribution >= 0.6 is 11.8 Å². The molecule has 19 heavy (non-hydrogen) atoms. The highest BCUT2D eigenvalue weighted by Crippen LogP contribution is 2.25. The third-order valence-electron chi connectivity index (χ3n) is 2.59. The van der Waals surface area contributed by atoms with E-state index in [0.29, 0.717) is 11.1 Å². The molecule has 0 saturated heterocycles. The van der Waals surface area contributed by atoms with Gasteiger partial charge in [-0.3, -0.25) is 0 Å². The normalized spacial score (nSPS) is 10.9. The van der Waals surface area contributed by atoms with E-state index in [-0.39, 0.29) is 0 Å². The maximum absolute atomic E-state index is 5.66. The van der Waals surface area contributed by atoms with Crippen molar-refractivity contribution >= 4 is 11.8 Å². The maximum atomic E-state index is 5.66. The van der Waals surface area contributed by atoms with Gasteiger partial charge in [0.25, 0.3) is 5.22 Å². The number of nitrogens with zero attached hydrogens (tertiary/aromatic N) is 2. The molecule has 0 aliphatic heterocycles. The summed E-state index contributed by atoms with van der Waals surface area (Å²) < 4.78 is 10.7. The molecule has 1 heterocycles. The molecular formula is C14H18N2O2S. The maximum Gasteiger partial charge on any atom is 0.276 e. The number of methoxy groups -OCH3 is 1. The van der Waals surface area contributed by atoms with Gasteiger partial charge in [0.2, 0.25) is 5.89 Å². The summed E-state index contributed by atoms with van der Waals surface area (Å²) in [6.07, 6.45) is 0.975. The Morgan fingerprint density at radius 2 is 1.89 bits per heavy atom. The van der Waals surface area contributed by atoms with Gasteiger partial charge < -0.3 is 9.15 Å². The summed E-state index contributed by atoms with van der Waals surface area (Å²) in [5.74, 6) is 1.50. The van der Waals surface area contributed by atoms with Crippen molar-refractivity contribution in [3.05, 3.63) is 29.3 Å². The van der Waals surface area contributed by atoms with Crippen LogP contribution in [0.3, 0.4) is 0 Å². The Balaban J connectivity index is 2.03. The van der Waals surface area contributed by atoms with E-state index in [0.717, 1.165) is 24.3 Å². The van der Waals surface area contributed by atoms with Crippen LogP contribution in [0.25, 0.3) is 11.5 Å². The van der Waals surface area contributed by atoms with Gasteiger partial charge in [-0.05, 0) is 32.4 Å². The smallest absolute Gasteiger partial charge is 0.276 e. The molecule has 0 atom stereocenters. The third-order valence-corrected chi connectivity index (χ3v) is 3.50. The molecule has 1 aromatic heterocycles. The molecule has 4 nitrogen and oxygen atoms in total. The first kappa shape index (κ1) is 14.1. The number of thioether (sulfide) groups is 1. The molecule has 0 unspecified atom stereocenters. The summed E-state index contributed by atoms with van der Waals surface area (Å²) in [5, 5.41) is 8.77. The van der Waals surface area contributed by atoms with Gasteiger partial charge in [-0.1, -0.05) is 29.0 Å². The Morgan fingerprint density at radius 1 is 1.16 bits per heavy atom. The highest BCUT2D eigenvalue weighted by molar-refractivity contribution is 7.99. The van der Waals surface area contributed by atoms with Crippen LogP contribution in [0.1, 0.15) is 17.5 Å². The van der Waals surface area contributed by atoms with Gasteiger partial charge in [0.15, 0.2) is 0 Å². The van der Waals surface area contributed by atoms with Crippen molar-refractivity contribution in [2.45, 2.75) is 25.5 Å². The van der Waals surface area contributed by atoms with E-state index >= 15 is 0 Å². The zero-order valence-corrected chi connectivity index (χ0v) is 12.3. The largest absolute Gasteiger partial charge is 0.411 e. The zero-order valence-electron chi connectivity index (χ0n) is 11.5. The van der Waals surface area contributed by atoms with E-state index in [9.17, 15) is 0 Å². The lowest BCUT2D eigenvalue weighted by atomic mass is 10.1. The lowest BCUT2D eigenvalue weighted by Gasteiger charge is -2.00. The number of hydrogen-bond donors (Lipinski definition) is 0. The van der Waals surface area contributed by atoms with Crippen LogP contribution in [-0.4, -0.2) is 29.7 Å². The lowest BCUT2D eigenvalue weighted by molar-refractivity contribution is 0.200. The van der Waals surface area contributed by atoms with Crippen molar-refractivity contribution in [2.75, 3.05) is 19.5 Å². The second kappa shape index (κ2) is 6.73. The molecule has 2 rings (SSSR count). The van der Waals surface area contributed by atoms with Gasteiger partial charge in [-0.25, -0.2) is 0 Å². The van der Waals surface area contributed by atoms with Gasteiger partial charge in [0, 0.05) is 25.0 Å². The van der Waals surface area contributed by atoms with Crippen LogP contribution in [0.5, 0.6) is 0 Å². The third kappa shape index (κ3) is 4.08. The first-order valence-electron chi connectivity index (χ1n) is 6.23. The highest BCUT2D eigenvalue weighted by atomic mass is 32.2. The van der Waals surface area contributed by atoms with E-state index in [1.165, 1.54) is 11.1 Å². The van der Waals surface area contributed by atoms with Crippen LogP contribution < -0.4 is 0 Å². The number of benzene rings is 1. The SMILES string of the molecule is COCCCSc1nnc(-c2cc(C)cc(C)c2)o1. The lowest BCUT2D eigenvalue weighted by Crippen LogP contribution is -1.89. The summed E-state index contributed by atoms with van der Waals surface area (Å²) in [7, 11) is 1.70. The van der Waals surface area contributed by atoms with Crippen molar-refractivity contribution in [1.29, 1.82) is 0 Å². The van der Waals surface area contributed by atoms with E-state index in [1.54, 1.807) is 18.9 Å². The molecule has 2 aromatic rings. The standard InChI is InChI=1S/C14H18N2O2S/c1-10-7-11(2)9-12(8-10)13-15-16-14(18-13)19-6-4-5-17-3/h7-9H,4-6H2,1-3H3. The summed E-state index contributed by atoms with van der Waals surface area (Å²) in [6, 6.07) is 6.24. The zero-order chi connectivity index (χ0) is 13.7. The van der Waals surface area contributed by atoms with Crippen LogP contribution in [0, 0.1) is 13.8 Å². The molecule has 0 fully saturated rings. The Morgan fingerprint density at radius 3 is 2.58 bits per heavy atom. The number of ether oxygens (including phenoxy) is 1. The second-order valence-corrected chi connectivity index (χ2v) is 5.49. The summed E-state index contributed by atoms with van der Waals surface area (Å²) in [4.78, 5) is 0. The van der Waals surface area contributed by atoms with Gasteiger partial charge in [-0.2, -0.15) is 0 Å². The van der Waals surface area contributed by atoms with Crippen molar-refractivity contribution in [2.24, 2.45) is 0 Å². The minimum atomic E-state index is 0.584. The molecule has 1 aromatic carbocycles. The molecule has 0 aliphatic rings. The molecule has 0 saturated carbocycles. The molecule has 0 radical (unpaired) electrons. The van der Waals surface area contributed by atoms with Crippen molar-refractivity contribution in [3.8, 4) is 11.5 Å². The first-order valence-corrected chi connectivity index (χ1v) is 7.21. The van der Waals surface area contributed by atoms with Crippen molar-refractivity contribution < 1.29 is 9.15 Å². The van der Waals surface area contributed by atoms with E-state index in [2.05, 4.69) is 42.2 Å². The number of hydrogen-bond acceptors (Lipinski definition) is 5. The van der Waals surface area contributed by atoms with E-state index < -0.39 is 0 Å². The number of rotatable bonds is 6. The Kier molecular flexibility index (Phi) is 4.99. The molecule has 0 bridgehead atoms. The topological polar surface area (TPSA) is 48.2 Å². The van der Waals surface area contributed by atoms with Crippen LogP contribution in [0.2, 0.25) is 0 Å². The summed E-state index contributed by atoms with van der Waals surface area (Å²) in [5.41, 5.74) is 3.37. The van der Waals surface area contributed by atoms with Crippen molar-refractivity contribution in [1.82, 2.24) is 10.2 Å². The fraction of sp³-hybridized carbons (Fsp3) is 0.429. The van der Waals surface area contributed by atoms with Crippen molar-refractivity contribution in [3.63, 3.8) is 0 Å². The second-order valence-electron chi connectivity index (χ2n) is 4.44. The number of aryl methyl sites for hydroxylation is 2. The summed E-state index contributed by atoms with van der Waals surface area (Å²) >= 11 is 1.56. The minimum Gasteiger partial charge on any atom is -0.411 e. The number of aromatic nitrogens is 2.